The highest BCUT2D eigenvalue weighted by Gasteiger charge is 2.39. The lowest BCUT2D eigenvalue weighted by Crippen LogP contribution is -2.52. The molecule has 3 aromatic carbocycles. The number of hydrogen-bond acceptors (Lipinski definition) is 3. The molecule has 1 N–H and O–H groups in total. The molecule has 1 aliphatic rings. The molecule has 1 fully saturated rings. The van der Waals surface area contributed by atoms with Gasteiger partial charge in [-0.05, 0) is 36.0 Å². The second-order valence-corrected chi connectivity index (χ2v) is 8.61. The van der Waals surface area contributed by atoms with Gasteiger partial charge in [0, 0.05) is 19.6 Å². The van der Waals surface area contributed by atoms with Gasteiger partial charge in [-0.2, -0.15) is 0 Å². The molecule has 2 unspecified atom stereocenters. The van der Waals surface area contributed by atoms with Gasteiger partial charge in [-0.1, -0.05) is 91.0 Å². The van der Waals surface area contributed by atoms with Crippen molar-refractivity contribution in [3.63, 3.8) is 0 Å². The van der Waals surface area contributed by atoms with Gasteiger partial charge in [0.05, 0.1) is 6.04 Å². The van der Waals surface area contributed by atoms with Crippen LogP contribution in [0.1, 0.15) is 29.5 Å². The second-order valence-electron chi connectivity index (χ2n) is 8.61. The smallest absolute Gasteiger partial charge is 0.326 e. The van der Waals surface area contributed by atoms with Gasteiger partial charge in [0.25, 0.3) is 0 Å². The number of benzene rings is 3. The van der Waals surface area contributed by atoms with E-state index in [1.54, 1.807) is 4.90 Å². The molecule has 3 aromatic rings. The van der Waals surface area contributed by atoms with Gasteiger partial charge in [-0.3, -0.25) is 9.69 Å². The van der Waals surface area contributed by atoms with Gasteiger partial charge in [0.15, 0.2) is 0 Å². The Morgan fingerprint density at radius 3 is 1.79 bits per heavy atom. The SMILES string of the molecule is O=C(O)C1CCCN1C(=O)C(Cc1ccccc1)N(Cc1ccccc1)Cc1ccccc1. The maximum atomic E-state index is 13.9. The summed E-state index contributed by atoms with van der Waals surface area (Å²) in [7, 11) is 0. The fourth-order valence-corrected chi connectivity index (χ4v) is 4.60. The summed E-state index contributed by atoms with van der Waals surface area (Å²) in [5.41, 5.74) is 3.30. The van der Waals surface area contributed by atoms with E-state index in [1.807, 2.05) is 66.7 Å². The van der Waals surface area contributed by atoms with E-state index in [-0.39, 0.29) is 5.91 Å². The molecule has 5 nitrogen and oxygen atoms in total. The van der Waals surface area contributed by atoms with Crippen molar-refractivity contribution >= 4 is 11.9 Å². The van der Waals surface area contributed by atoms with Crippen LogP contribution in [-0.2, 0) is 29.1 Å². The molecular formula is C28H30N2O3. The Morgan fingerprint density at radius 1 is 0.818 bits per heavy atom. The van der Waals surface area contributed by atoms with E-state index in [2.05, 4.69) is 29.2 Å². The summed E-state index contributed by atoms with van der Waals surface area (Å²) in [5.74, 6) is -1.02. The van der Waals surface area contributed by atoms with E-state index in [1.165, 1.54) is 0 Å². The van der Waals surface area contributed by atoms with Crippen LogP contribution in [0.15, 0.2) is 91.0 Å². The van der Waals surface area contributed by atoms with Crippen LogP contribution in [0.2, 0.25) is 0 Å². The summed E-state index contributed by atoms with van der Waals surface area (Å²) in [5, 5.41) is 9.71. The zero-order chi connectivity index (χ0) is 23.0. The quantitative estimate of drug-likeness (QED) is 0.534. The number of amides is 1. The first-order chi connectivity index (χ1) is 16.1. The van der Waals surface area contributed by atoms with Gasteiger partial charge in [0.1, 0.15) is 6.04 Å². The molecule has 1 heterocycles. The maximum Gasteiger partial charge on any atom is 0.326 e. The van der Waals surface area contributed by atoms with E-state index in [4.69, 9.17) is 0 Å². The van der Waals surface area contributed by atoms with Crippen LogP contribution in [-0.4, -0.2) is 45.4 Å². The Balaban J connectivity index is 1.69. The average Bonchev–Trinajstić information content (AvgIpc) is 3.34. The molecule has 2 atom stereocenters. The first-order valence-corrected chi connectivity index (χ1v) is 11.5. The molecule has 5 heteroatoms. The zero-order valence-corrected chi connectivity index (χ0v) is 18.7. The number of carbonyl (C=O) groups is 2. The summed E-state index contributed by atoms with van der Waals surface area (Å²) in [6, 6.07) is 29.0. The largest absolute Gasteiger partial charge is 0.480 e. The predicted octanol–water partition coefficient (Wildman–Crippen LogP) is 4.38. The molecule has 0 aliphatic carbocycles. The van der Waals surface area contributed by atoms with Gasteiger partial charge in [-0.15, -0.1) is 0 Å². The first kappa shape index (κ1) is 22.7. The lowest BCUT2D eigenvalue weighted by Gasteiger charge is -2.35. The molecule has 0 aromatic heterocycles. The Morgan fingerprint density at radius 2 is 1.30 bits per heavy atom. The average molecular weight is 443 g/mol. The molecule has 170 valence electrons. The minimum absolute atomic E-state index is 0.101. The topological polar surface area (TPSA) is 60.9 Å². The summed E-state index contributed by atoms with van der Waals surface area (Å²) in [6.45, 7) is 1.70. The molecule has 4 rings (SSSR count). The number of rotatable bonds is 9. The highest BCUT2D eigenvalue weighted by atomic mass is 16.4. The van der Waals surface area contributed by atoms with E-state index in [0.29, 0.717) is 32.5 Å². The minimum atomic E-state index is -0.919. The Hall–Kier alpha value is -3.44. The number of likely N-dealkylation sites (tertiary alicyclic amines) is 1. The van der Waals surface area contributed by atoms with Crippen LogP contribution < -0.4 is 0 Å². The highest BCUT2D eigenvalue weighted by Crippen LogP contribution is 2.24. The fourth-order valence-electron chi connectivity index (χ4n) is 4.60. The van der Waals surface area contributed by atoms with Crippen LogP contribution >= 0.6 is 0 Å². The van der Waals surface area contributed by atoms with E-state index >= 15 is 0 Å². The van der Waals surface area contributed by atoms with Crippen LogP contribution in [0.3, 0.4) is 0 Å². The highest BCUT2D eigenvalue weighted by molar-refractivity contribution is 5.87. The van der Waals surface area contributed by atoms with Gasteiger partial charge >= 0.3 is 5.97 Å². The Bertz CT molecular complexity index is 999. The second kappa shape index (κ2) is 10.9. The van der Waals surface area contributed by atoms with Crippen molar-refractivity contribution in [1.29, 1.82) is 0 Å². The number of nitrogens with zero attached hydrogens (tertiary/aromatic N) is 2. The number of aliphatic carboxylic acids is 1. The van der Waals surface area contributed by atoms with Crippen molar-refractivity contribution in [2.24, 2.45) is 0 Å². The summed E-state index contributed by atoms with van der Waals surface area (Å²) in [6.07, 6.45) is 1.76. The van der Waals surface area contributed by atoms with E-state index in [0.717, 1.165) is 23.1 Å². The maximum absolute atomic E-state index is 13.9. The van der Waals surface area contributed by atoms with Crippen LogP contribution in [0.5, 0.6) is 0 Å². The van der Waals surface area contributed by atoms with Crippen LogP contribution in [0.25, 0.3) is 0 Å². The first-order valence-electron chi connectivity index (χ1n) is 11.5. The molecule has 1 saturated heterocycles. The Labute approximate surface area is 195 Å². The fraction of sp³-hybridized carbons (Fsp3) is 0.286. The van der Waals surface area contributed by atoms with Crippen LogP contribution in [0, 0.1) is 0 Å². The van der Waals surface area contributed by atoms with Crippen molar-refractivity contribution in [1.82, 2.24) is 9.80 Å². The molecule has 33 heavy (non-hydrogen) atoms. The van der Waals surface area contributed by atoms with E-state index in [9.17, 15) is 14.7 Å². The molecule has 0 bridgehead atoms. The Kier molecular flexibility index (Phi) is 7.53. The standard InChI is InChI=1S/C28H30N2O3/c31-27(30-18-10-17-25(30)28(32)33)26(19-22-11-4-1-5-12-22)29(20-23-13-6-2-7-14-23)21-24-15-8-3-9-16-24/h1-9,11-16,25-26H,10,17-21H2,(H,32,33). The lowest BCUT2D eigenvalue weighted by molar-refractivity contribution is -0.150. The number of carbonyl (C=O) groups excluding carboxylic acids is 1. The number of carboxylic acid groups (broad SMARTS) is 1. The molecule has 1 amide bonds. The van der Waals surface area contributed by atoms with Crippen LogP contribution in [0.4, 0.5) is 0 Å². The van der Waals surface area contributed by atoms with Crippen molar-refractivity contribution in [2.75, 3.05) is 6.54 Å². The minimum Gasteiger partial charge on any atom is -0.480 e. The molecule has 0 saturated carbocycles. The summed E-state index contributed by atoms with van der Waals surface area (Å²) >= 11 is 0. The number of hydrogen-bond donors (Lipinski definition) is 1. The van der Waals surface area contributed by atoms with Crippen molar-refractivity contribution in [3.05, 3.63) is 108 Å². The third kappa shape index (κ3) is 5.88. The van der Waals surface area contributed by atoms with E-state index < -0.39 is 18.1 Å². The van der Waals surface area contributed by atoms with Crippen molar-refractivity contribution in [3.8, 4) is 0 Å². The normalized spacial score (nSPS) is 16.6. The lowest BCUT2D eigenvalue weighted by atomic mass is 10.0. The van der Waals surface area contributed by atoms with Crippen molar-refractivity contribution in [2.45, 2.75) is 44.4 Å². The summed E-state index contributed by atoms with van der Waals surface area (Å²) in [4.78, 5) is 29.5. The molecule has 0 spiro atoms. The number of carboxylic acids is 1. The van der Waals surface area contributed by atoms with Gasteiger partial charge < -0.3 is 10.0 Å². The summed E-state index contributed by atoms with van der Waals surface area (Å²) < 4.78 is 0. The monoisotopic (exact) mass is 442 g/mol. The zero-order valence-electron chi connectivity index (χ0n) is 18.7. The third-order valence-corrected chi connectivity index (χ3v) is 6.28. The molecule has 1 aliphatic heterocycles. The molecule has 0 radical (unpaired) electrons. The molecular weight excluding hydrogens is 412 g/mol. The van der Waals surface area contributed by atoms with Crippen molar-refractivity contribution < 1.29 is 14.7 Å². The van der Waals surface area contributed by atoms with Gasteiger partial charge in [0.2, 0.25) is 5.91 Å². The van der Waals surface area contributed by atoms with Gasteiger partial charge in [-0.25, -0.2) is 4.79 Å². The third-order valence-electron chi connectivity index (χ3n) is 6.28. The predicted molar refractivity (Wildman–Crippen MR) is 128 cm³/mol.